The number of alkyl halides is 3. The first kappa shape index (κ1) is 26.2. The van der Waals surface area contributed by atoms with E-state index in [2.05, 4.69) is 15.5 Å². The summed E-state index contributed by atoms with van der Waals surface area (Å²) in [5, 5.41) is 6.19. The second kappa shape index (κ2) is 11.4. The summed E-state index contributed by atoms with van der Waals surface area (Å²) < 4.78 is 38.8. The maximum Gasteiger partial charge on any atom is 0.416 e. The highest BCUT2D eigenvalue weighted by molar-refractivity contribution is 5.89. The van der Waals surface area contributed by atoms with E-state index in [1.807, 2.05) is 43.3 Å². The standard InChI is InChI=1S/C28H37F3N4O/c1-34(2)24-15-11-23(12-16-24)32-27(36)33-26-8-4-3-7-21(26)18-20-6-5-17-35(19-20)25-13-9-22(10-14-25)28(29,30)31/h9-16,20-21,26H,3-8,17-19H2,1-2H3,(H2,32,33,36)/t20-,21+,26-/m1/s1. The van der Waals surface area contributed by atoms with Gasteiger partial charge in [-0.1, -0.05) is 12.8 Å². The van der Waals surface area contributed by atoms with E-state index >= 15 is 0 Å². The summed E-state index contributed by atoms with van der Waals surface area (Å²) >= 11 is 0. The van der Waals surface area contributed by atoms with Crippen molar-refractivity contribution in [1.82, 2.24) is 5.32 Å². The van der Waals surface area contributed by atoms with Crippen LogP contribution in [0.25, 0.3) is 0 Å². The van der Waals surface area contributed by atoms with Crippen molar-refractivity contribution < 1.29 is 18.0 Å². The topological polar surface area (TPSA) is 47.6 Å². The first-order valence-electron chi connectivity index (χ1n) is 13.0. The monoisotopic (exact) mass is 502 g/mol. The molecule has 1 aliphatic heterocycles. The number of hydrogen-bond acceptors (Lipinski definition) is 3. The van der Waals surface area contributed by atoms with Crippen LogP contribution in [-0.2, 0) is 6.18 Å². The van der Waals surface area contributed by atoms with Crippen molar-refractivity contribution in [2.45, 2.75) is 57.2 Å². The van der Waals surface area contributed by atoms with Crippen LogP contribution >= 0.6 is 0 Å². The molecule has 1 saturated heterocycles. The molecule has 2 aromatic rings. The van der Waals surface area contributed by atoms with Gasteiger partial charge in [0.15, 0.2) is 0 Å². The van der Waals surface area contributed by atoms with E-state index in [9.17, 15) is 18.0 Å². The summed E-state index contributed by atoms with van der Waals surface area (Å²) in [6, 6.07) is 13.3. The lowest BCUT2D eigenvalue weighted by Gasteiger charge is -2.39. The minimum Gasteiger partial charge on any atom is -0.378 e. The Morgan fingerprint density at radius 2 is 1.67 bits per heavy atom. The molecule has 0 radical (unpaired) electrons. The van der Waals surface area contributed by atoms with Crippen molar-refractivity contribution in [3.63, 3.8) is 0 Å². The van der Waals surface area contributed by atoms with Gasteiger partial charge in [0.2, 0.25) is 0 Å². The third-order valence-electron chi connectivity index (χ3n) is 7.58. The second-order valence-electron chi connectivity index (χ2n) is 10.4. The number of urea groups is 1. The molecular weight excluding hydrogens is 465 g/mol. The molecule has 196 valence electrons. The normalized spacial score (nSPS) is 22.7. The van der Waals surface area contributed by atoms with Crippen LogP contribution in [0.1, 0.15) is 50.5 Å². The fraction of sp³-hybridized carbons (Fsp3) is 0.536. The lowest BCUT2D eigenvalue weighted by atomic mass is 9.77. The van der Waals surface area contributed by atoms with Gasteiger partial charge in [-0.05, 0) is 92.5 Å². The highest BCUT2D eigenvalue weighted by Gasteiger charge is 2.32. The molecule has 2 N–H and O–H groups in total. The molecule has 1 aliphatic carbocycles. The van der Waals surface area contributed by atoms with Crippen LogP contribution in [0.4, 0.5) is 35.0 Å². The molecule has 1 heterocycles. The number of halogens is 3. The molecule has 2 amide bonds. The van der Waals surface area contributed by atoms with Gasteiger partial charge in [-0.25, -0.2) is 4.79 Å². The summed E-state index contributed by atoms with van der Waals surface area (Å²) in [4.78, 5) is 17.0. The maximum absolute atomic E-state index is 12.9. The van der Waals surface area contributed by atoms with Gasteiger partial charge >= 0.3 is 12.2 Å². The summed E-state index contributed by atoms with van der Waals surface area (Å²) in [6.07, 6.45) is 3.22. The Morgan fingerprint density at radius 1 is 0.972 bits per heavy atom. The number of rotatable bonds is 6. The van der Waals surface area contributed by atoms with Crippen LogP contribution in [0.15, 0.2) is 48.5 Å². The van der Waals surface area contributed by atoms with Crippen molar-refractivity contribution in [2.75, 3.05) is 42.3 Å². The van der Waals surface area contributed by atoms with E-state index in [1.165, 1.54) is 18.6 Å². The van der Waals surface area contributed by atoms with Gasteiger partial charge in [0.25, 0.3) is 0 Å². The number of hydrogen-bond donors (Lipinski definition) is 2. The number of carbonyl (C=O) groups is 1. The van der Waals surface area contributed by atoms with Crippen LogP contribution < -0.4 is 20.4 Å². The average molecular weight is 503 g/mol. The van der Waals surface area contributed by atoms with E-state index < -0.39 is 11.7 Å². The van der Waals surface area contributed by atoms with Crippen molar-refractivity contribution in [1.29, 1.82) is 0 Å². The fourth-order valence-electron chi connectivity index (χ4n) is 5.64. The molecule has 0 spiro atoms. The van der Waals surface area contributed by atoms with Crippen LogP contribution in [0.3, 0.4) is 0 Å². The molecule has 0 unspecified atom stereocenters. The third-order valence-corrected chi connectivity index (χ3v) is 7.58. The summed E-state index contributed by atoms with van der Waals surface area (Å²) in [6.45, 7) is 1.71. The van der Waals surface area contributed by atoms with E-state index in [4.69, 9.17) is 0 Å². The zero-order chi connectivity index (χ0) is 25.7. The van der Waals surface area contributed by atoms with Crippen molar-refractivity contribution in [3.05, 3.63) is 54.1 Å². The minimum atomic E-state index is -4.31. The predicted octanol–water partition coefficient (Wildman–Crippen LogP) is 6.76. The molecule has 0 aromatic heterocycles. The van der Waals surface area contributed by atoms with Crippen molar-refractivity contribution in [3.8, 4) is 0 Å². The second-order valence-corrected chi connectivity index (χ2v) is 10.4. The SMILES string of the molecule is CN(C)c1ccc(NC(=O)N[C@@H]2CCCC[C@H]2C[C@H]2CCCN(c3ccc(C(F)(F)F)cc3)C2)cc1. The van der Waals surface area contributed by atoms with Crippen LogP contribution in [0.5, 0.6) is 0 Å². The number of carbonyl (C=O) groups excluding carboxylic acids is 1. The van der Waals surface area contributed by atoms with Crippen molar-refractivity contribution in [2.24, 2.45) is 11.8 Å². The van der Waals surface area contributed by atoms with Crippen LogP contribution in [0, 0.1) is 11.8 Å². The molecule has 4 rings (SSSR count). The molecule has 3 atom stereocenters. The Kier molecular flexibility index (Phi) is 8.32. The zero-order valence-corrected chi connectivity index (χ0v) is 21.2. The molecule has 2 aromatic carbocycles. The molecule has 8 heteroatoms. The largest absolute Gasteiger partial charge is 0.416 e. The van der Waals surface area contributed by atoms with Gasteiger partial charge in [0.05, 0.1) is 5.56 Å². The number of piperidine rings is 1. The first-order valence-corrected chi connectivity index (χ1v) is 13.0. The predicted molar refractivity (Wildman–Crippen MR) is 140 cm³/mol. The van der Waals surface area contributed by atoms with E-state index in [-0.39, 0.29) is 12.1 Å². The molecule has 0 bridgehead atoms. The van der Waals surface area contributed by atoms with Gasteiger partial charge in [-0.2, -0.15) is 13.2 Å². The molecular formula is C28H37F3N4O. The number of anilines is 3. The van der Waals surface area contributed by atoms with Crippen LogP contribution in [-0.4, -0.2) is 39.3 Å². The number of benzene rings is 2. The molecule has 36 heavy (non-hydrogen) atoms. The van der Waals surface area contributed by atoms with Gasteiger partial charge < -0.3 is 20.4 Å². The lowest BCUT2D eigenvalue weighted by Crippen LogP contribution is -2.45. The van der Waals surface area contributed by atoms with Gasteiger partial charge in [0.1, 0.15) is 0 Å². The Balaban J connectivity index is 1.32. The van der Waals surface area contributed by atoms with Crippen LogP contribution in [0.2, 0.25) is 0 Å². The highest BCUT2D eigenvalue weighted by Crippen LogP contribution is 2.35. The summed E-state index contributed by atoms with van der Waals surface area (Å²) in [5.41, 5.74) is 2.09. The lowest BCUT2D eigenvalue weighted by molar-refractivity contribution is -0.137. The Morgan fingerprint density at radius 3 is 2.33 bits per heavy atom. The molecule has 5 nitrogen and oxygen atoms in total. The number of nitrogens with zero attached hydrogens (tertiary/aromatic N) is 2. The zero-order valence-electron chi connectivity index (χ0n) is 21.2. The number of amides is 2. The van der Waals surface area contributed by atoms with E-state index in [1.54, 1.807) is 12.1 Å². The van der Waals surface area contributed by atoms with Gasteiger partial charge in [0, 0.05) is 50.3 Å². The van der Waals surface area contributed by atoms with E-state index in [0.717, 1.165) is 68.7 Å². The molecule has 2 fully saturated rings. The fourth-order valence-corrected chi connectivity index (χ4v) is 5.64. The first-order chi connectivity index (χ1) is 17.2. The smallest absolute Gasteiger partial charge is 0.378 e. The van der Waals surface area contributed by atoms with Crippen molar-refractivity contribution >= 4 is 23.1 Å². The summed E-state index contributed by atoms with van der Waals surface area (Å²) in [7, 11) is 3.96. The quantitative estimate of drug-likeness (QED) is 0.459. The maximum atomic E-state index is 12.9. The third kappa shape index (κ3) is 6.86. The summed E-state index contributed by atoms with van der Waals surface area (Å²) in [5.74, 6) is 0.883. The minimum absolute atomic E-state index is 0.140. The average Bonchev–Trinajstić information content (AvgIpc) is 2.85. The number of nitrogens with one attached hydrogen (secondary N) is 2. The van der Waals surface area contributed by atoms with Gasteiger partial charge in [-0.15, -0.1) is 0 Å². The molecule has 2 aliphatic rings. The Hall–Kier alpha value is -2.90. The van der Waals surface area contributed by atoms with Gasteiger partial charge in [-0.3, -0.25) is 0 Å². The Bertz CT molecular complexity index is 991. The highest BCUT2D eigenvalue weighted by atomic mass is 19.4. The van der Waals surface area contributed by atoms with E-state index in [0.29, 0.717) is 11.8 Å². The Labute approximate surface area is 212 Å². The molecule has 1 saturated carbocycles.